The number of amides is 2. The Hall–Kier alpha value is -2.27. The first-order chi connectivity index (χ1) is 10.2. The zero-order chi connectivity index (χ0) is 14.7. The average Bonchev–Trinajstić information content (AvgIpc) is 2.53. The lowest BCUT2D eigenvalue weighted by atomic mass is 10.2. The summed E-state index contributed by atoms with van der Waals surface area (Å²) in [6, 6.07) is 17.0. The zero-order valence-corrected chi connectivity index (χ0v) is 12.0. The van der Waals surface area contributed by atoms with Crippen molar-refractivity contribution in [3.05, 3.63) is 65.7 Å². The quantitative estimate of drug-likeness (QED) is 0.913. The molecular formula is C16H14N2O2S. The molecule has 1 aliphatic heterocycles. The van der Waals surface area contributed by atoms with Crippen molar-refractivity contribution >= 4 is 23.6 Å². The van der Waals surface area contributed by atoms with Crippen molar-refractivity contribution in [3.8, 4) is 0 Å². The van der Waals surface area contributed by atoms with Gasteiger partial charge in [0.2, 0.25) is 0 Å². The number of carbonyl (C=O) groups excluding carboxylic acids is 2. The van der Waals surface area contributed by atoms with Crippen LogP contribution in [-0.4, -0.2) is 17.2 Å². The maximum Gasteiger partial charge on any atom is 0.253 e. The van der Waals surface area contributed by atoms with Crippen molar-refractivity contribution in [3.63, 3.8) is 0 Å². The van der Waals surface area contributed by atoms with Crippen molar-refractivity contribution in [2.75, 3.05) is 0 Å². The second kappa shape index (κ2) is 6.01. The highest BCUT2D eigenvalue weighted by Crippen LogP contribution is 2.30. The van der Waals surface area contributed by atoms with Gasteiger partial charge in [0.15, 0.2) is 5.37 Å². The molecule has 3 rings (SSSR count). The summed E-state index contributed by atoms with van der Waals surface area (Å²) in [6.45, 7) is 0.453. The van der Waals surface area contributed by atoms with Crippen LogP contribution in [0.4, 0.5) is 0 Å². The Balaban J connectivity index is 1.65. The van der Waals surface area contributed by atoms with Gasteiger partial charge in [-0.15, -0.1) is 0 Å². The molecule has 0 aliphatic carbocycles. The summed E-state index contributed by atoms with van der Waals surface area (Å²) >= 11 is 1.36. The maximum absolute atomic E-state index is 12.2. The van der Waals surface area contributed by atoms with Crippen LogP contribution in [0.3, 0.4) is 0 Å². The molecule has 1 atom stereocenters. The van der Waals surface area contributed by atoms with Crippen LogP contribution in [-0.2, 0) is 11.3 Å². The number of fused-ring (bicyclic) bond motifs is 1. The third-order valence-electron chi connectivity index (χ3n) is 3.19. The molecule has 21 heavy (non-hydrogen) atoms. The van der Waals surface area contributed by atoms with Crippen LogP contribution >= 0.6 is 11.8 Å². The van der Waals surface area contributed by atoms with Gasteiger partial charge >= 0.3 is 0 Å². The van der Waals surface area contributed by atoms with Gasteiger partial charge in [0.25, 0.3) is 11.8 Å². The van der Waals surface area contributed by atoms with Crippen molar-refractivity contribution in [1.29, 1.82) is 0 Å². The Morgan fingerprint density at radius 1 is 1.10 bits per heavy atom. The number of hydrogen-bond donors (Lipinski definition) is 2. The largest absolute Gasteiger partial charge is 0.349 e. The topological polar surface area (TPSA) is 58.2 Å². The number of hydrogen-bond acceptors (Lipinski definition) is 3. The number of carbonyl (C=O) groups is 2. The van der Waals surface area contributed by atoms with E-state index < -0.39 is 5.37 Å². The monoisotopic (exact) mass is 298 g/mol. The van der Waals surface area contributed by atoms with E-state index in [0.29, 0.717) is 12.1 Å². The van der Waals surface area contributed by atoms with E-state index in [9.17, 15) is 9.59 Å². The van der Waals surface area contributed by atoms with Gasteiger partial charge in [-0.05, 0) is 17.7 Å². The summed E-state index contributed by atoms with van der Waals surface area (Å²) in [5.41, 5.74) is 1.65. The number of thioether (sulfide) groups is 1. The summed E-state index contributed by atoms with van der Waals surface area (Å²) in [6.07, 6.45) is 0. The smallest absolute Gasteiger partial charge is 0.253 e. The van der Waals surface area contributed by atoms with E-state index in [2.05, 4.69) is 10.6 Å². The first kappa shape index (κ1) is 13.7. The minimum Gasteiger partial charge on any atom is -0.349 e. The molecule has 1 unspecified atom stereocenters. The van der Waals surface area contributed by atoms with Crippen LogP contribution in [0.15, 0.2) is 59.5 Å². The van der Waals surface area contributed by atoms with Crippen molar-refractivity contribution in [2.45, 2.75) is 16.8 Å². The van der Waals surface area contributed by atoms with Crippen LogP contribution in [0.5, 0.6) is 0 Å². The number of nitrogens with one attached hydrogen (secondary N) is 2. The van der Waals surface area contributed by atoms with Gasteiger partial charge in [-0.3, -0.25) is 9.59 Å². The van der Waals surface area contributed by atoms with E-state index in [-0.39, 0.29) is 11.8 Å². The maximum atomic E-state index is 12.2. The van der Waals surface area contributed by atoms with E-state index >= 15 is 0 Å². The van der Waals surface area contributed by atoms with Gasteiger partial charge < -0.3 is 10.6 Å². The predicted octanol–water partition coefficient (Wildman–Crippen LogP) is 2.16. The molecule has 0 spiro atoms. The van der Waals surface area contributed by atoms with Gasteiger partial charge in [0, 0.05) is 11.4 Å². The van der Waals surface area contributed by atoms with E-state index in [0.717, 1.165) is 10.5 Å². The fraction of sp³-hybridized carbons (Fsp3) is 0.125. The molecule has 0 saturated heterocycles. The second-order valence-electron chi connectivity index (χ2n) is 4.67. The van der Waals surface area contributed by atoms with Crippen LogP contribution in [0, 0.1) is 0 Å². The van der Waals surface area contributed by atoms with E-state index in [1.54, 1.807) is 6.07 Å². The number of rotatable bonds is 3. The molecule has 0 fully saturated rings. The molecule has 1 heterocycles. The summed E-state index contributed by atoms with van der Waals surface area (Å²) in [5.74, 6) is -0.393. The minimum absolute atomic E-state index is 0.188. The molecule has 2 N–H and O–H groups in total. The van der Waals surface area contributed by atoms with E-state index in [1.165, 1.54) is 11.8 Å². The van der Waals surface area contributed by atoms with Crippen LogP contribution in [0.25, 0.3) is 0 Å². The second-order valence-corrected chi connectivity index (χ2v) is 5.82. The summed E-state index contributed by atoms with van der Waals surface area (Å²) in [5, 5.41) is 4.98. The lowest BCUT2D eigenvalue weighted by Crippen LogP contribution is -2.46. The molecule has 0 bridgehead atoms. The Morgan fingerprint density at radius 3 is 2.62 bits per heavy atom. The summed E-state index contributed by atoms with van der Waals surface area (Å²) in [4.78, 5) is 25.0. The fourth-order valence-corrected chi connectivity index (χ4v) is 3.16. The van der Waals surface area contributed by atoms with Gasteiger partial charge in [-0.25, -0.2) is 0 Å². The molecule has 0 aromatic heterocycles. The van der Waals surface area contributed by atoms with Gasteiger partial charge in [0.1, 0.15) is 0 Å². The number of benzene rings is 2. The van der Waals surface area contributed by atoms with Crippen molar-refractivity contribution in [2.24, 2.45) is 0 Å². The van der Waals surface area contributed by atoms with Gasteiger partial charge in [-0.2, -0.15) is 0 Å². The summed E-state index contributed by atoms with van der Waals surface area (Å²) in [7, 11) is 0. The molecule has 106 valence electrons. The molecule has 2 aromatic carbocycles. The van der Waals surface area contributed by atoms with E-state index in [4.69, 9.17) is 0 Å². The van der Waals surface area contributed by atoms with Crippen LogP contribution in [0.1, 0.15) is 15.9 Å². The minimum atomic E-state index is -0.587. The highest BCUT2D eigenvalue weighted by Gasteiger charge is 2.29. The third-order valence-corrected chi connectivity index (χ3v) is 4.36. The lowest BCUT2D eigenvalue weighted by Gasteiger charge is -2.24. The van der Waals surface area contributed by atoms with Gasteiger partial charge in [-0.1, -0.05) is 54.2 Å². The normalized spacial score (nSPS) is 16.8. The van der Waals surface area contributed by atoms with Crippen molar-refractivity contribution < 1.29 is 9.59 Å². The standard InChI is InChI=1S/C16H14N2O2S/c19-14-12-8-4-5-9-13(12)21-16(18-14)15(20)17-10-11-6-2-1-3-7-11/h1-9,16H,10H2,(H,17,20)(H,18,19). The molecule has 5 heteroatoms. The highest BCUT2D eigenvalue weighted by atomic mass is 32.2. The fourth-order valence-electron chi connectivity index (χ4n) is 2.11. The van der Waals surface area contributed by atoms with E-state index in [1.807, 2.05) is 48.5 Å². The lowest BCUT2D eigenvalue weighted by molar-refractivity contribution is -0.121. The SMILES string of the molecule is O=C1NC(C(=O)NCc2ccccc2)Sc2ccccc21. The molecule has 0 radical (unpaired) electrons. The van der Waals surface area contributed by atoms with Gasteiger partial charge in [0.05, 0.1) is 5.56 Å². The van der Waals surface area contributed by atoms with Crippen molar-refractivity contribution in [1.82, 2.24) is 10.6 Å². The highest BCUT2D eigenvalue weighted by molar-refractivity contribution is 8.00. The molecule has 0 saturated carbocycles. The Bertz CT molecular complexity index is 673. The first-order valence-electron chi connectivity index (χ1n) is 6.62. The molecule has 1 aliphatic rings. The Kier molecular flexibility index (Phi) is 3.92. The average molecular weight is 298 g/mol. The Morgan fingerprint density at radius 2 is 1.81 bits per heavy atom. The first-order valence-corrected chi connectivity index (χ1v) is 7.50. The summed E-state index contributed by atoms with van der Waals surface area (Å²) < 4.78 is 0. The van der Waals surface area contributed by atoms with Crippen LogP contribution in [0.2, 0.25) is 0 Å². The molecule has 4 nitrogen and oxygen atoms in total. The third kappa shape index (κ3) is 3.08. The molecule has 2 aromatic rings. The molecular weight excluding hydrogens is 284 g/mol. The zero-order valence-electron chi connectivity index (χ0n) is 11.2. The van der Waals surface area contributed by atoms with Crippen LogP contribution < -0.4 is 10.6 Å². The molecule has 2 amide bonds. The predicted molar refractivity (Wildman–Crippen MR) is 81.8 cm³/mol. The Labute approximate surface area is 126 Å².